The fraction of sp³-hybridized carbons (Fsp3) is 0.842. The fourth-order valence-corrected chi connectivity index (χ4v) is 4.36. The number of nitrogens with zero attached hydrogens (tertiary/aromatic N) is 3. The number of aromatic nitrogens is 2. The minimum absolute atomic E-state index is 0.0362. The number of amides is 1. The van der Waals surface area contributed by atoms with Crippen molar-refractivity contribution >= 4 is 5.91 Å². The molecule has 1 aromatic rings. The highest BCUT2D eigenvalue weighted by Crippen LogP contribution is 2.51. The SMILES string of the molecule is CCOC1CC(N)(C(=O)N2CCCC(c3noc(C4CC4)n3)C2)C1(C)C. The molecule has 2 aliphatic carbocycles. The van der Waals surface area contributed by atoms with E-state index in [1.807, 2.05) is 25.7 Å². The number of carbonyl (C=O) groups excluding carboxylic acids is 1. The van der Waals surface area contributed by atoms with E-state index in [0.29, 0.717) is 25.5 Å². The molecule has 144 valence electrons. The maximum Gasteiger partial charge on any atom is 0.243 e. The molecule has 3 fully saturated rings. The maximum absolute atomic E-state index is 13.2. The molecule has 2 heterocycles. The summed E-state index contributed by atoms with van der Waals surface area (Å²) < 4.78 is 11.2. The second kappa shape index (κ2) is 6.30. The van der Waals surface area contributed by atoms with E-state index in [4.69, 9.17) is 15.0 Å². The van der Waals surface area contributed by atoms with Crippen molar-refractivity contribution in [1.82, 2.24) is 15.0 Å². The second-order valence-corrected chi connectivity index (χ2v) is 8.70. The summed E-state index contributed by atoms with van der Waals surface area (Å²) in [4.78, 5) is 19.7. The highest BCUT2D eigenvalue weighted by atomic mass is 16.5. The highest BCUT2D eigenvalue weighted by molar-refractivity contribution is 5.89. The number of piperidine rings is 1. The van der Waals surface area contributed by atoms with E-state index in [2.05, 4.69) is 10.1 Å². The van der Waals surface area contributed by atoms with Crippen LogP contribution in [0.5, 0.6) is 0 Å². The minimum Gasteiger partial charge on any atom is -0.378 e. The number of likely N-dealkylation sites (tertiary alicyclic amines) is 1. The monoisotopic (exact) mass is 362 g/mol. The molecular weight excluding hydrogens is 332 g/mol. The summed E-state index contributed by atoms with van der Waals surface area (Å²) in [7, 11) is 0. The predicted molar refractivity (Wildman–Crippen MR) is 95.6 cm³/mol. The van der Waals surface area contributed by atoms with Gasteiger partial charge in [-0.25, -0.2) is 0 Å². The molecule has 26 heavy (non-hydrogen) atoms. The van der Waals surface area contributed by atoms with Crippen molar-refractivity contribution in [3.05, 3.63) is 11.7 Å². The first-order valence-electron chi connectivity index (χ1n) is 9.90. The molecule has 0 spiro atoms. The van der Waals surface area contributed by atoms with Crippen LogP contribution in [0.2, 0.25) is 0 Å². The number of carbonyl (C=O) groups is 1. The van der Waals surface area contributed by atoms with E-state index in [0.717, 1.165) is 43.9 Å². The normalized spacial score (nSPS) is 33.8. The molecule has 1 saturated heterocycles. The van der Waals surface area contributed by atoms with Crippen LogP contribution in [0, 0.1) is 5.41 Å². The van der Waals surface area contributed by atoms with Gasteiger partial charge >= 0.3 is 0 Å². The van der Waals surface area contributed by atoms with Crippen LogP contribution in [0.3, 0.4) is 0 Å². The van der Waals surface area contributed by atoms with E-state index in [-0.39, 0.29) is 23.3 Å². The van der Waals surface area contributed by atoms with Crippen molar-refractivity contribution < 1.29 is 14.1 Å². The lowest BCUT2D eigenvalue weighted by Crippen LogP contribution is -2.76. The number of hydrogen-bond acceptors (Lipinski definition) is 6. The van der Waals surface area contributed by atoms with Gasteiger partial charge in [0.05, 0.1) is 6.10 Å². The van der Waals surface area contributed by atoms with Gasteiger partial charge < -0.3 is 19.9 Å². The molecule has 1 amide bonds. The molecule has 1 aromatic heterocycles. The van der Waals surface area contributed by atoms with E-state index in [1.54, 1.807) is 0 Å². The molecular formula is C19H30N4O3. The van der Waals surface area contributed by atoms with Crippen molar-refractivity contribution in [2.75, 3.05) is 19.7 Å². The van der Waals surface area contributed by atoms with Crippen LogP contribution in [0.25, 0.3) is 0 Å². The Labute approximate surface area is 154 Å². The molecule has 7 nitrogen and oxygen atoms in total. The second-order valence-electron chi connectivity index (χ2n) is 8.70. The van der Waals surface area contributed by atoms with Crippen molar-refractivity contribution in [2.24, 2.45) is 11.1 Å². The van der Waals surface area contributed by atoms with Gasteiger partial charge in [-0.2, -0.15) is 4.98 Å². The van der Waals surface area contributed by atoms with Crippen LogP contribution in [-0.2, 0) is 9.53 Å². The van der Waals surface area contributed by atoms with Crippen LogP contribution >= 0.6 is 0 Å². The Morgan fingerprint density at radius 2 is 2.12 bits per heavy atom. The summed E-state index contributed by atoms with van der Waals surface area (Å²) in [6.45, 7) is 8.07. The van der Waals surface area contributed by atoms with Crippen LogP contribution in [0.4, 0.5) is 0 Å². The van der Waals surface area contributed by atoms with E-state index >= 15 is 0 Å². The highest BCUT2D eigenvalue weighted by Gasteiger charge is 2.63. The Balaban J connectivity index is 1.44. The first-order valence-corrected chi connectivity index (χ1v) is 9.90. The maximum atomic E-state index is 13.2. The number of rotatable bonds is 5. The number of hydrogen-bond donors (Lipinski definition) is 1. The van der Waals surface area contributed by atoms with Gasteiger partial charge in [-0.1, -0.05) is 19.0 Å². The van der Waals surface area contributed by atoms with Crippen LogP contribution in [0.1, 0.15) is 76.4 Å². The average Bonchev–Trinajstić information content (AvgIpc) is 3.37. The van der Waals surface area contributed by atoms with E-state index in [1.165, 1.54) is 0 Å². The summed E-state index contributed by atoms with van der Waals surface area (Å²) in [5, 5.41) is 4.18. The zero-order valence-electron chi connectivity index (χ0n) is 16.0. The van der Waals surface area contributed by atoms with E-state index < -0.39 is 5.54 Å². The van der Waals surface area contributed by atoms with Crippen molar-refractivity contribution in [2.45, 2.75) is 76.4 Å². The van der Waals surface area contributed by atoms with E-state index in [9.17, 15) is 4.79 Å². The van der Waals surface area contributed by atoms with Gasteiger partial charge in [0.1, 0.15) is 5.54 Å². The predicted octanol–water partition coefficient (Wildman–Crippen LogP) is 2.19. The van der Waals surface area contributed by atoms with Gasteiger partial charge in [0, 0.05) is 43.4 Å². The van der Waals surface area contributed by atoms with Crippen LogP contribution in [0.15, 0.2) is 4.52 Å². The molecule has 0 radical (unpaired) electrons. The summed E-state index contributed by atoms with van der Waals surface area (Å²) in [6, 6.07) is 0. The first-order chi connectivity index (χ1) is 12.4. The Bertz CT molecular complexity index is 684. The van der Waals surface area contributed by atoms with Gasteiger partial charge in [0.15, 0.2) is 5.82 Å². The Hall–Kier alpha value is -1.47. The molecule has 3 aliphatic rings. The fourth-order valence-electron chi connectivity index (χ4n) is 4.36. The molecule has 2 N–H and O–H groups in total. The van der Waals surface area contributed by atoms with Gasteiger partial charge in [-0.05, 0) is 32.6 Å². The van der Waals surface area contributed by atoms with Crippen LogP contribution < -0.4 is 5.73 Å². The zero-order valence-corrected chi connectivity index (χ0v) is 16.0. The average molecular weight is 362 g/mol. The largest absolute Gasteiger partial charge is 0.378 e. The molecule has 3 atom stereocenters. The van der Waals surface area contributed by atoms with Gasteiger partial charge in [0.25, 0.3) is 0 Å². The molecule has 4 rings (SSSR count). The lowest BCUT2D eigenvalue weighted by atomic mass is 9.54. The standard InChI is InChI=1S/C19H30N4O3/c1-4-25-14-10-19(20,18(14,2)3)17(24)23-9-5-6-13(11-23)15-21-16(26-22-15)12-7-8-12/h12-14H,4-11,20H2,1-3H3. The lowest BCUT2D eigenvalue weighted by molar-refractivity contribution is -0.180. The lowest BCUT2D eigenvalue weighted by Gasteiger charge is -2.59. The van der Waals surface area contributed by atoms with Gasteiger partial charge in [-0.15, -0.1) is 0 Å². The molecule has 7 heteroatoms. The van der Waals surface area contributed by atoms with Crippen molar-refractivity contribution in [3.63, 3.8) is 0 Å². The Morgan fingerprint density at radius 3 is 2.77 bits per heavy atom. The minimum atomic E-state index is -0.856. The summed E-state index contributed by atoms with van der Waals surface area (Å²) >= 11 is 0. The quantitative estimate of drug-likeness (QED) is 0.863. The molecule has 1 aliphatic heterocycles. The smallest absolute Gasteiger partial charge is 0.243 e. The Morgan fingerprint density at radius 1 is 1.35 bits per heavy atom. The molecule has 0 aromatic carbocycles. The van der Waals surface area contributed by atoms with Crippen molar-refractivity contribution in [1.29, 1.82) is 0 Å². The van der Waals surface area contributed by atoms with Crippen molar-refractivity contribution in [3.8, 4) is 0 Å². The summed E-state index contributed by atoms with van der Waals surface area (Å²) in [6.07, 6.45) is 4.83. The third-order valence-electron chi connectivity index (χ3n) is 6.67. The first kappa shape index (κ1) is 17.9. The molecule has 3 unspecified atom stereocenters. The third kappa shape index (κ3) is 2.76. The summed E-state index contributed by atoms with van der Waals surface area (Å²) in [5.41, 5.74) is 5.37. The summed E-state index contributed by atoms with van der Waals surface area (Å²) in [5.74, 6) is 2.14. The van der Waals surface area contributed by atoms with Gasteiger partial charge in [-0.3, -0.25) is 4.79 Å². The van der Waals surface area contributed by atoms with Crippen LogP contribution in [-0.4, -0.2) is 52.3 Å². The zero-order chi connectivity index (χ0) is 18.5. The number of ether oxygens (including phenoxy) is 1. The number of nitrogens with two attached hydrogens (primary N) is 1. The third-order valence-corrected chi connectivity index (χ3v) is 6.67. The Kier molecular flexibility index (Phi) is 4.34. The van der Waals surface area contributed by atoms with Gasteiger partial charge in [0.2, 0.25) is 11.8 Å². The molecule has 0 bridgehead atoms. The topological polar surface area (TPSA) is 94.5 Å². The molecule has 2 saturated carbocycles.